The molecule has 0 atom stereocenters. The first kappa shape index (κ1) is 35.8. The van der Waals surface area contributed by atoms with Gasteiger partial charge < -0.3 is 31.3 Å². The van der Waals surface area contributed by atoms with E-state index in [0.717, 1.165) is 18.4 Å². The number of hydrogen-bond acceptors (Lipinski definition) is 9. The smallest absolute Gasteiger partial charge is 0.422 e. The van der Waals surface area contributed by atoms with Crippen LogP contribution in [0.25, 0.3) is 0 Å². The highest BCUT2D eigenvalue weighted by molar-refractivity contribution is 6.35. The van der Waals surface area contributed by atoms with E-state index in [1.54, 1.807) is 24.3 Å². The molecule has 1 aliphatic rings. The first-order valence-corrected chi connectivity index (χ1v) is 15.7. The number of carbonyl (C=O) groups is 3. The summed E-state index contributed by atoms with van der Waals surface area (Å²) in [5, 5.41) is 14.3. The SMILES string of the molecule is O=C(NCCCNC(=O)c1ccc(Nc2nc(NC3(c4ccc(Cl)cc4)CC3)nc(OCC(F)(F)F)n2)cc1)C(=O)NCc1ccc(F)cc1. The highest BCUT2D eigenvalue weighted by atomic mass is 35.5. The Balaban J connectivity index is 1.11. The van der Waals surface area contributed by atoms with Crippen LogP contribution in [0.3, 0.4) is 0 Å². The van der Waals surface area contributed by atoms with Crippen LogP contribution in [0, 0.1) is 5.82 Å². The average molecular weight is 715 g/mol. The lowest BCUT2D eigenvalue weighted by Gasteiger charge is -2.19. The van der Waals surface area contributed by atoms with Gasteiger partial charge in [0.05, 0.1) is 5.54 Å². The van der Waals surface area contributed by atoms with Crippen molar-refractivity contribution >= 4 is 46.9 Å². The number of halogens is 5. The number of ether oxygens (including phenoxy) is 1. The molecule has 17 heteroatoms. The largest absolute Gasteiger partial charge is 0.454 e. The second-order valence-electron chi connectivity index (χ2n) is 11.3. The number of aromatic nitrogens is 3. The Morgan fingerprint density at radius 1 is 0.800 bits per heavy atom. The van der Waals surface area contributed by atoms with Gasteiger partial charge in [0.25, 0.3) is 5.91 Å². The van der Waals surface area contributed by atoms with Crippen molar-refractivity contribution < 1.29 is 36.7 Å². The van der Waals surface area contributed by atoms with Crippen LogP contribution < -0.4 is 31.3 Å². The monoisotopic (exact) mass is 714 g/mol. The summed E-state index contributed by atoms with van der Waals surface area (Å²) in [5.41, 5.74) is 1.76. The molecule has 1 aromatic heterocycles. The zero-order chi connectivity index (χ0) is 35.7. The molecule has 0 saturated heterocycles. The van der Waals surface area contributed by atoms with Crippen molar-refractivity contribution in [1.29, 1.82) is 0 Å². The summed E-state index contributed by atoms with van der Waals surface area (Å²) in [7, 11) is 0. The van der Waals surface area contributed by atoms with Crippen molar-refractivity contribution in [2.45, 2.75) is 37.5 Å². The van der Waals surface area contributed by atoms with E-state index in [-0.39, 0.29) is 31.5 Å². The summed E-state index contributed by atoms with van der Waals surface area (Å²) in [6, 6.07) is 18.3. The van der Waals surface area contributed by atoms with Crippen molar-refractivity contribution in [3.63, 3.8) is 0 Å². The van der Waals surface area contributed by atoms with Crippen LogP contribution in [0.2, 0.25) is 5.02 Å². The molecule has 3 amide bonds. The predicted molar refractivity (Wildman–Crippen MR) is 175 cm³/mol. The first-order valence-electron chi connectivity index (χ1n) is 15.3. The third-order valence-corrected chi connectivity index (χ3v) is 7.63. The molecule has 1 fully saturated rings. The van der Waals surface area contributed by atoms with E-state index in [9.17, 15) is 31.9 Å². The maximum Gasteiger partial charge on any atom is 0.422 e. The van der Waals surface area contributed by atoms with Gasteiger partial charge in [-0.25, -0.2) is 4.39 Å². The quantitative estimate of drug-likeness (QED) is 0.0688. The second kappa shape index (κ2) is 15.8. The molecule has 0 spiro atoms. The number of nitrogens with zero attached hydrogens (tertiary/aromatic N) is 3. The Morgan fingerprint density at radius 2 is 1.44 bits per heavy atom. The van der Waals surface area contributed by atoms with Crippen LogP contribution in [0.5, 0.6) is 6.01 Å². The van der Waals surface area contributed by atoms with Gasteiger partial charge in [-0.3, -0.25) is 14.4 Å². The van der Waals surface area contributed by atoms with Gasteiger partial charge in [0, 0.05) is 35.9 Å². The number of anilines is 3. The first-order chi connectivity index (χ1) is 23.9. The highest BCUT2D eigenvalue weighted by Gasteiger charge is 2.45. The molecule has 1 saturated carbocycles. The Labute approximate surface area is 288 Å². The van der Waals surface area contributed by atoms with E-state index in [0.29, 0.717) is 28.3 Å². The minimum Gasteiger partial charge on any atom is -0.454 e. The van der Waals surface area contributed by atoms with Gasteiger partial charge in [-0.2, -0.15) is 28.1 Å². The molecule has 1 aliphatic carbocycles. The van der Waals surface area contributed by atoms with E-state index >= 15 is 0 Å². The Kier molecular flexibility index (Phi) is 11.3. The molecule has 4 aromatic rings. The highest BCUT2D eigenvalue weighted by Crippen LogP contribution is 2.48. The number of benzene rings is 3. The summed E-state index contributed by atoms with van der Waals surface area (Å²) in [6.45, 7) is -1.20. The molecule has 5 rings (SSSR count). The fourth-order valence-electron chi connectivity index (χ4n) is 4.65. The predicted octanol–water partition coefficient (Wildman–Crippen LogP) is 5.00. The fourth-order valence-corrected chi connectivity index (χ4v) is 4.77. The fraction of sp³-hybridized carbons (Fsp3) is 0.273. The normalized spacial score (nSPS) is 13.1. The summed E-state index contributed by atoms with van der Waals surface area (Å²) >= 11 is 6.01. The third-order valence-electron chi connectivity index (χ3n) is 7.38. The van der Waals surface area contributed by atoms with Gasteiger partial charge in [-0.15, -0.1) is 0 Å². The minimum atomic E-state index is -4.61. The Hall–Kier alpha value is -5.51. The van der Waals surface area contributed by atoms with Crippen molar-refractivity contribution in [3.05, 3.63) is 100 Å². The van der Waals surface area contributed by atoms with Gasteiger partial charge in [0.2, 0.25) is 11.9 Å². The molecule has 5 N–H and O–H groups in total. The Bertz CT molecular complexity index is 1810. The average Bonchev–Trinajstić information content (AvgIpc) is 3.87. The van der Waals surface area contributed by atoms with Gasteiger partial charge >= 0.3 is 24.0 Å². The van der Waals surface area contributed by atoms with E-state index in [4.69, 9.17) is 16.3 Å². The maximum atomic E-state index is 13.0. The summed E-state index contributed by atoms with van der Waals surface area (Å²) in [5.74, 6) is -2.57. The number of rotatable bonds is 14. The van der Waals surface area contributed by atoms with Crippen LogP contribution in [-0.4, -0.2) is 58.5 Å². The lowest BCUT2D eigenvalue weighted by molar-refractivity contribution is -0.154. The number of carbonyl (C=O) groups excluding carboxylic acids is 3. The molecule has 50 heavy (non-hydrogen) atoms. The summed E-state index contributed by atoms with van der Waals surface area (Å²) in [6.07, 6.45) is -2.80. The topological polar surface area (TPSA) is 159 Å². The molecule has 0 radical (unpaired) electrons. The van der Waals surface area contributed by atoms with E-state index in [2.05, 4.69) is 41.5 Å². The molecule has 12 nitrogen and oxygen atoms in total. The molecule has 1 heterocycles. The van der Waals surface area contributed by atoms with Crippen LogP contribution >= 0.6 is 11.6 Å². The van der Waals surface area contributed by atoms with Crippen LogP contribution in [0.1, 0.15) is 40.7 Å². The minimum absolute atomic E-state index is 0.00457. The molecule has 262 valence electrons. The summed E-state index contributed by atoms with van der Waals surface area (Å²) in [4.78, 5) is 48.9. The van der Waals surface area contributed by atoms with Crippen molar-refractivity contribution in [3.8, 4) is 6.01 Å². The lowest BCUT2D eigenvalue weighted by atomic mass is 10.1. The van der Waals surface area contributed by atoms with E-state index in [1.165, 1.54) is 36.4 Å². The number of amides is 3. The molecule has 0 aliphatic heterocycles. The van der Waals surface area contributed by atoms with Gasteiger partial charge in [0.1, 0.15) is 5.82 Å². The third kappa shape index (κ3) is 10.5. The molecule has 0 unspecified atom stereocenters. The zero-order valence-electron chi connectivity index (χ0n) is 26.2. The number of hydrogen-bond donors (Lipinski definition) is 5. The summed E-state index contributed by atoms with van der Waals surface area (Å²) < 4.78 is 56.4. The number of alkyl halides is 3. The molecule has 0 bridgehead atoms. The van der Waals surface area contributed by atoms with Gasteiger partial charge in [-0.05, 0) is 78.9 Å². The second-order valence-corrected chi connectivity index (χ2v) is 11.7. The lowest BCUT2D eigenvalue weighted by Crippen LogP contribution is -2.40. The molecule has 3 aromatic carbocycles. The van der Waals surface area contributed by atoms with E-state index in [1.807, 2.05) is 12.1 Å². The van der Waals surface area contributed by atoms with Crippen molar-refractivity contribution in [2.24, 2.45) is 0 Å². The van der Waals surface area contributed by atoms with Crippen LogP contribution in [0.15, 0.2) is 72.8 Å². The molecular weight excluding hydrogens is 684 g/mol. The van der Waals surface area contributed by atoms with Crippen LogP contribution in [0.4, 0.5) is 35.1 Å². The zero-order valence-corrected chi connectivity index (χ0v) is 27.0. The van der Waals surface area contributed by atoms with Crippen LogP contribution in [-0.2, 0) is 21.7 Å². The van der Waals surface area contributed by atoms with Gasteiger partial charge in [-0.1, -0.05) is 35.9 Å². The van der Waals surface area contributed by atoms with Gasteiger partial charge in [0.15, 0.2) is 6.61 Å². The van der Waals surface area contributed by atoms with E-state index < -0.39 is 47.9 Å². The maximum absolute atomic E-state index is 13.0. The van der Waals surface area contributed by atoms with Crippen molar-refractivity contribution in [1.82, 2.24) is 30.9 Å². The Morgan fingerprint density at radius 3 is 2.10 bits per heavy atom. The number of nitrogens with one attached hydrogen (secondary N) is 5. The van der Waals surface area contributed by atoms with Crippen molar-refractivity contribution in [2.75, 3.05) is 30.3 Å². The standard InChI is InChI=1S/C33H31ClF4N8O4/c34-23-8-6-22(7-9-23)32(14-15-32)46-30-43-29(44-31(45-30)50-19-33(36,37)38)42-25-12-4-21(5-13-25)26(47)39-16-1-17-40-27(48)28(49)41-18-20-2-10-24(35)11-3-20/h2-13H,1,14-19H2,(H,39,47)(H,40,48)(H,41,49)(H2,42,43,44,45,46). The molecular formula is C33H31ClF4N8O4.